The van der Waals surface area contributed by atoms with Gasteiger partial charge in [0.05, 0.1) is 5.69 Å². The molecule has 126 valence electrons. The average molecular weight is 368 g/mol. The first-order valence-electron chi connectivity index (χ1n) is 6.54. The predicted molar refractivity (Wildman–Crippen MR) is 79.8 cm³/mol. The van der Waals surface area contributed by atoms with E-state index in [1.807, 2.05) is 0 Å². The van der Waals surface area contributed by atoms with E-state index in [0.717, 1.165) is 0 Å². The molecule has 1 aromatic carbocycles. The lowest BCUT2D eigenvalue weighted by atomic mass is 10.1. The second-order valence-corrected chi connectivity index (χ2v) is 6.70. The number of amides is 1. The highest BCUT2D eigenvalue weighted by molar-refractivity contribution is 6.53. The molecule has 1 saturated carbocycles. The van der Waals surface area contributed by atoms with E-state index in [1.165, 1.54) is 31.2 Å². The maximum atomic E-state index is 12.3. The van der Waals surface area contributed by atoms with Gasteiger partial charge in [-0.05, 0) is 19.1 Å². The average Bonchev–Trinajstić information content (AvgIpc) is 2.98. The van der Waals surface area contributed by atoms with Gasteiger partial charge in [0.1, 0.15) is 15.5 Å². The smallest absolute Gasteiger partial charge is 0.387 e. The summed E-state index contributed by atoms with van der Waals surface area (Å²) >= 11 is 11.7. The van der Waals surface area contributed by atoms with E-state index in [-0.39, 0.29) is 17.9 Å². The number of carbonyl (C=O) groups excluding carboxylic acids is 2. The van der Waals surface area contributed by atoms with Crippen LogP contribution < -0.4 is 10.1 Å². The molecular formula is C14H13Cl2F2NO4. The Morgan fingerprint density at radius 2 is 1.96 bits per heavy atom. The normalized spacial score (nSPS) is 21.7. The van der Waals surface area contributed by atoms with Crippen molar-refractivity contribution in [3.63, 3.8) is 0 Å². The zero-order valence-corrected chi connectivity index (χ0v) is 13.5. The highest BCUT2D eigenvalue weighted by Gasteiger charge is 2.69. The van der Waals surface area contributed by atoms with Crippen LogP contribution in [0.25, 0.3) is 0 Å². The summed E-state index contributed by atoms with van der Waals surface area (Å²) in [6, 6.07) is 5.65. The number of anilines is 1. The van der Waals surface area contributed by atoms with Crippen LogP contribution in [0.3, 0.4) is 0 Å². The minimum absolute atomic E-state index is 0.0375. The predicted octanol–water partition coefficient (Wildman–Crippen LogP) is 3.35. The van der Waals surface area contributed by atoms with Gasteiger partial charge in [-0.15, -0.1) is 23.2 Å². The Morgan fingerprint density at radius 1 is 1.35 bits per heavy atom. The van der Waals surface area contributed by atoms with E-state index in [2.05, 4.69) is 10.1 Å². The lowest BCUT2D eigenvalue weighted by Crippen LogP contribution is -2.27. The van der Waals surface area contributed by atoms with Crippen molar-refractivity contribution in [2.75, 3.05) is 11.9 Å². The van der Waals surface area contributed by atoms with Crippen LogP contribution in [0, 0.1) is 5.41 Å². The van der Waals surface area contributed by atoms with Crippen molar-refractivity contribution in [1.82, 2.24) is 0 Å². The molecule has 0 saturated heterocycles. The molecular weight excluding hydrogens is 355 g/mol. The Bertz CT molecular complexity index is 627. The van der Waals surface area contributed by atoms with E-state index in [4.69, 9.17) is 27.9 Å². The number of hydrogen-bond acceptors (Lipinski definition) is 4. The standard InChI is InChI=1S/C14H13Cl2F2NO4/c1-13(7-14(13,15)16)11(21)22-6-10(20)19-8-4-2-3-5-9(8)23-12(17)18/h2-5,12H,6-7H2,1H3,(H,19,20). The maximum absolute atomic E-state index is 12.3. The second kappa shape index (κ2) is 6.49. The number of esters is 1. The lowest BCUT2D eigenvalue weighted by molar-refractivity contribution is -0.152. The molecule has 0 spiro atoms. The third kappa shape index (κ3) is 4.03. The molecule has 0 bridgehead atoms. The summed E-state index contributed by atoms with van der Waals surface area (Å²) in [6.45, 7) is -2.10. The van der Waals surface area contributed by atoms with Gasteiger partial charge in [0.25, 0.3) is 5.91 Å². The van der Waals surface area contributed by atoms with Crippen LogP contribution in [0.5, 0.6) is 5.75 Å². The second-order valence-electron chi connectivity index (χ2n) is 5.21. The van der Waals surface area contributed by atoms with Gasteiger partial charge in [0, 0.05) is 6.42 Å². The van der Waals surface area contributed by atoms with Crippen LogP contribution in [0.15, 0.2) is 24.3 Å². The van der Waals surface area contributed by atoms with E-state index in [9.17, 15) is 18.4 Å². The van der Waals surface area contributed by atoms with Crippen LogP contribution in [-0.4, -0.2) is 29.4 Å². The van der Waals surface area contributed by atoms with Gasteiger partial charge in [-0.3, -0.25) is 9.59 Å². The first kappa shape index (κ1) is 17.7. The van der Waals surface area contributed by atoms with Crippen molar-refractivity contribution >= 4 is 40.8 Å². The summed E-state index contributed by atoms with van der Waals surface area (Å²) in [5.74, 6) is -1.60. The highest BCUT2D eigenvalue weighted by Crippen LogP contribution is 2.64. The van der Waals surface area contributed by atoms with Crippen LogP contribution in [0.1, 0.15) is 13.3 Å². The third-order valence-corrected chi connectivity index (χ3v) is 4.52. The fraction of sp³-hybridized carbons (Fsp3) is 0.429. The van der Waals surface area contributed by atoms with Crippen LogP contribution in [0.2, 0.25) is 0 Å². The van der Waals surface area contributed by atoms with E-state index in [0.29, 0.717) is 0 Å². The van der Waals surface area contributed by atoms with Crippen LogP contribution in [-0.2, 0) is 14.3 Å². The van der Waals surface area contributed by atoms with Crippen molar-refractivity contribution in [2.45, 2.75) is 24.3 Å². The zero-order chi connectivity index (χ0) is 17.3. The van der Waals surface area contributed by atoms with E-state index < -0.39 is 34.8 Å². The minimum Gasteiger partial charge on any atom is -0.455 e. The maximum Gasteiger partial charge on any atom is 0.387 e. The number of rotatable bonds is 6. The summed E-state index contributed by atoms with van der Waals surface area (Å²) in [7, 11) is 0. The molecule has 2 rings (SSSR count). The molecule has 1 aliphatic carbocycles. The number of hydrogen-bond donors (Lipinski definition) is 1. The molecule has 1 aromatic rings. The molecule has 23 heavy (non-hydrogen) atoms. The van der Waals surface area contributed by atoms with Crippen molar-refractivity contribution in [1.29, 1.82) is 0 Å². The van der Waals surface area contributed by atoms with Gasteiger partial charge >= 0.3 is 12.6 Å². The van der Waals surface area contributed by atoms with Crippen molar-refractivity contribution < 1.29 is 27.8 Å². The van der Waals surface area contributed by atoms with Gasteiger partial charge in [-0.2, -0.15) is 8.78 Å². The molecule has 1 aliphatic rings. The molecule has 0 aliphatic heterocycles. The molecule has 5 nitrogen and oxygen atoms in total. The quantitative estimate of drug-likeness (QED) is 0.618. The van der Waals surface area contributed by atoms with Crippen LogP contribution >= 0.6 is 23.2 Å². The summed E-state index contributed by atoms with van der Waals surface area (Å²) in [5, 5.41) is 2.32. The Balaban J connectivity index is 1.90. The molecule has 1 unspecified atom stereocenters. The zero-order valence-electron chi connectivity index (χ0n) is 11.9. The lowest BCUT2D eigenvalue weighted by Gasteiger charge is -2.13. The number of carbonyl (C=O) groups is 2. The summed E-state index contributed by atoms with van der Waals surface area (Å²) in [5.41, 5.74) is -1.01. The number of nitrogens with one attached hydrogen (secondary N) is 1. The Morgan fingerprint density at radius 3 is 2.52 bits per heavy atom. The summed E-state index contributed by atoms with van der Waals surface area (Å²) < 4.78 is 32.5. The van der Waals surface area contributed by atoms with Gasteiger partial charge in [-0.1, -0.05) is 12.1 Å². The van der Waals surface area contributed by atoms with Gasteiger partial charge in [0.15, 0.2) is 6.61 Å². The highest BCUT2D eigenvalue weighted by atomic mass is 35.5. The molecule has 1 fully saturated rings. The largest absolute Gasteiger partial charge is 0.455 e. The molecule has 1 N–H and O–H groups in total. The molecule has 1 atom stereocenters. The van der Waals surface area contributed by atoms with Gasteiger partial charge in [0.2, 0.25) is 0 Å². The Labute approximate surface area is 140 Å². The van der Waals surface area contributed by atoms with E-state index >= 15 is 0 Å². The number of alkyl halides is 4. The fourth-order valence-electron chi connectivity index (χ4n) is 1.87. The summed E-state index contributed by atoms with van der Waals surface area (Å²) in [6.07, 6.45) is 0.231. The van der Waals surface area contributed by atoms with Crippen molar-refractivity contribution in [3.05, 3.63) is 24.3 Å². The monoisotopic (exact) mass is 367 g/mol. The van der Waals surface area contributed by atoms with E-state index in [1.54, 1.807) is 0 Å². The molecule has 1 amide bonds. The molecule has 0 heterocycles. The molecule has 0 radical (unpaired) electrons. The first-order valence-corrected chi connectivity index (χ1v) is 7.30. The first-order chi connectivity index (χ1) is 10.7. The number of para-hydroxylation sites is 2. The topological polar surface area (TPSA) is 64.6 Å². The van der Waals surface area contributed by atoms with Crippen molar-refractivity contribution in [2.24, 2.45) is 5.41 Å². The number of ether oxygens (including phenoxy) is 2. The number of benzene rings is 1. The Kier molecular flexibility index (Phi) is 5.01. The SMILES string of the molecule is CC1(C(=O)OCC(=O)Nc2ccccc2OC(F)F)CC1(Cl)Cl. The van der Waals surface area contributed by atoms with Crippen molar-refractivity contribution in [3.8, 4) is 5.75 Å². The summed E-state index contributed by atoms with van der Waals surface area (Å²) in [4.78, 5) is 23.6. The van der Waals surface area contributed by atoms with Gasteiger partial charge in [-0.25, -0.2) is 0 Å². The molecule has 0 aromatic heterocycles. The van der Waals surface area contributed by atoms with Crippen LogP contribution in [0.4, 0.5) is 14.5 Å². The number of halogens is 4. The minimum atomic E-state index is -3.03. The van der Waals surface area contributed by atoms with Gasteiger partial charge < -0.3 is 14.8 Å². The third-order valence-electron chi connectivity index (χ3n) is 3.42. The fourth-order valence-corrected chi connectivity index (χ4v) is 2.56. The Hall–Kier alpha value is -1.60. The molecule has 9 heteroatoms.